The predicted octanol–water partition coefficient (Wildman–Crippen LogP) is 5.48. The van der Waals surface area contributed by atoms with Gasteiger partial charge in [0.05, 0.1) is 16.4 Å². The highest BCUT2D eigenvalue weighted by molar-refractivity contribution is 6.31. The largest absolute Gasteiger partial charge is 0.268 e. The molecule has 120 valence electrons. The van der Waals surface area contributed by atoms with Gasteiger partial charge in [0.1, 0.15) is 0 Å². The van der Waals surface area contributed by atoms with Crippen LogP contribution in [0.2, 0.25) is 5.02 Å². The molecule has 2 rings (SSSR count). The second kappa shape index (κ2) is 6.50. The fourth-order valence-electron chi connectivity index (χ4n) is 3.54. The first-order chi connectivity index (χ1) is 9.74. The van der Waals surface area contributed by atoms with Crippen LogP contribution in [0.4, 0.5) is 0 Å². The molecule has 1 saturated carbocycles. The summed E-state index contributed by atoms with van der Waals surface area (Å²) in [6, 6.07) is 0. The number of aryl methyl sites for hydroxylation is 2. The fourth-order valence-corrected chi connectivity index (χ4v) is 4.07. The van der Waals surface area contributed by atoms with Crippen LogP contribution in [0.25, 0.3) is 0 Å². The van der Waals surface area contributed by atoms with Crippen LogP contribution in [0.3, 0.4) is 0 Å². The molecule has 1 heterocycles. The first-order valence-electron chi connectivity index (χ1n) is 8.09. The Hall–Kier alpha value is -0.210. The van der Waals surface area contributed by atoms with Gasteiger partial charge in [0.25, 0.3) is 0 Å². The van der Waals surface area contributed by atoms with Gasteiger partial charge in [-0.25, -0.2) is 0 Å². The lowest BCUT2D eigenvalue weighted by Gasteiger charge is -2.40. The van der Waals surface area contributed by atoms with Crippen molar-refractivity contribution >= 4 is 23.2 Å². The van der Waals surface area contributed by atoms with Crippen molar-refractivity contribution in [1.82, 2.24) is 9.78 Å². The summed E-state index contributed by atoms with van der Waals surface area (Å²) < 4.78 is 2.04. The smallest absolute Gasteiger partial charge is 0.0847 e. The van der Waals surface area contributed by atoms with Crippen molar-refractivity contribution in [3.63, 3.8) is 0 Å². The molecule has 1 aliphatic rings. The molecule has 0 N–H and O–H groups in total. The van der Waals surface area contributed by atoms with Crippen LogP contribution in [0.5, 0.6) is 0 Å². The Kier molecular flexibility index (Phi) is 5.31. The van der Waals surface area contributed by atoms with Crippen molar-refractivity contribution in [2.45, 2.75) is 72.2 Å². The first kappa shape index (κ1) is 17.1. The molecule has 0 spiro atoms. The summed E-state index contributed by atoms with van der Waals surface area (Å²) in [4.78, 5) is 0. The van der Waals surface area contributed by atoms with Gasteiger partial charge in [0.2, 0.25) is 0 Å². The van der Waals surface area contributed by atoms with Gasteiger partial charge in [-0.05, 0) is 56.8 Å². The molecule has 4 heteroatoms. The lowest BCUT2D eigenvalue weighted by atomic mass is 9.68. The van der Waals surface area contributed by atoms with Gasteiger partial charge in [-0.2, -0.15) is 5.10 Å². The minimum atomic E-state index is 0.264. The topological polar surface area (TPSA) is 17.8 Å². The fraction of sp³-hybridized carbons (Fsp3) is 0.824. The van der Waals surface area contributed by atoms with Crippen LogP contribution in [-0.2, 0) is 13.0 Å². The van der Waals surface area contributed by atoms with Gasteiger partial charge < -0.3 is 0 Å². The number of aromatic nitrogens is 2. The van der Waals surface area contributed by atoms with E-state index in [2.05, 4.69) is 32.8 Å². The molecule has 2 nitrogen and oxygen atoms in total. The van der Waals surface area contributed by atoms with Crippen LogP contribution in [0.15, 0.2) is 0 Å². The highest BCUT2D eigenvalue weighted by atomic mass is 35.5. The summed E-state index contributed by atoms with van der Waals surface area (Å²) in [5, 5.41) is 5.62. The summed E-state index contributed by atoms with van der Waals surface area (Å²) in [5.41, 5.74) is 2.46. The molecule has 3 unspecified atom stereocenters. The van der Waals surface area contributed by atoms with Crippen LogP contribution in [0, 0.1) is 24.2 Å². The van der Waals surface area contributed by atoms with E-state index in [1.54, 1.807) is 0 Å². The SMILES string of the molecule is CCn1nc(C)c(Cl)c1CC1CC(C(C)(C)C)CCC1Cl. The Balaban J connectivity index is 2.17. The molecular weight excluding hydrogens is 303 g/mol. The Morgan fingerprint density at radius 2 is 1.95 bits per heavy atom. The average molecular weight is 331 g/mol. The molecule has 21 heavy (non-hydrogen) atoms. The number of hydrogen-bond donors (Lipinski definition) is 0. The van der Waals surface area contributed by atoms with E-state index in [9.17, 15) is 0 Å². The van der Waals surface area contributed by atoms with E-state index in [-0.39, 0.29) is 5.38 Å². The number of hydrogen-bond acceptors (Lipinski definition) is 1. The molecular formula is C17H28Cl2N2. The van der Waals surface area contributed by atoms with E-state index < -0.39 is 0 Å². The molecule has 0 aliphatic heterocycles. The zero-order chi connectivity index (χ0) is 15.8. The Labute approximate surface area is 139 Å². The Bertz CT molecular complexity index is 488. The predicted molar refractivity (Wildman–Crippen MR) is 91.3 cm³/mol. The second-order valence-corrected chi connectivity index (χ2v) is 8.46. The average Bonchev–Trinajstić information content (AvgIpc) is 2.67. The van der Waals surface area contributed by atoms with Crippen molar-refractivity contribution in [3.05, 3.63) is 16.4 Å². The second-order valence-electron chi connectivity index (χ2n) is 7.52. The van der Waals surface area contributed by atoms with Crippen molar-refractivity contribution in [2.24, 2.45) is 17.3 Å². The maximum Gasteiger partial charge on any atom is 0.0847 e. The molecule has 0 radical (unpaired) electrons. The van der Waals surface area contributed by atoms with E-state index >= 15 is 0 Å². The van der Waals surface area contributed by atoms with E-state index in [4.69, 9.17) is 23.2 Å². The highest BCUT2D eigenvalue weighted by Crippen LogP contribution is 2.43. The summed E-state index contributed by atoms with van der Waals surface area (Å²) in [6.07, 6.45) is 4.51. The zero-order valence-corrected chi connectivity index (χ0v) is 15.4. The molecule has 1 aromatic rings. The maximum atomic E-state index is 6.63. The van der Waals surface area contributed by atoms with Crippen molar-refractivity contribution in [3.8, 4) is 0 Å². The van der Waals surface area contributed by atoms with E-state index in [0.717, 1.165) is 36.0 Å². The van der Waals surface area contributed by atoms with Gasteiger partial charge in [0.15, 0.2) is 0 Å². The van der Waals surface area contributed by atoms with Gasteiger partial charge in [-0.15, -0.1) is 11.6 Å². The highest BCUT2D eigenvalue weighted by Gasteiger charge is 2.36. The van der Waals surface area contributed by atoms with Gasteiger partial charge >= 0.3 is 0 Å². The summed E-state index contributed by atoms with van der Waals surface area (Å²) >= 11 is 13.1. The number of nitrogens with zero attached hydrogens (tertiary/aromatic N) is 2. The zero-order valence-electron chi connectivity index (χ0n) is 13.9. The lowest BCUT2D eigenvalue weighted by molar-refractivity contribution is 0.143. The first-order valence-corrected chi connectivity index (χ1v) is 8.91. The number of rotatable bonds is 3. The van der Waals surface area contributed by atoms with Crippen molar-refractivity contribution < 1.29 is 0 Å². The monoisotopic (exact) mass is 330 g/mol. The summed E-state index contributed by atoms with van der Waals surface area (Å²) in [5.74, 6) is 1.25. The van der Waals surface area contributed by atoms with Crippen LogP contribution < -0.4 is 0 Å². The molecule has 3 atom stereocenters. The Morgan fingerprint density at radius 3 is 2.52 bits per heavy atom. The van der Waals surface area contributed by atoms with Crippen LogP contribution in [0.1, 0.15) is 58.3 Å². The molecule has 0 bridgehead atoms. The third-order valence-corrected chi connectivity index (χ3v) is 6.09. The third-order valence-electron chi connectivity index (χ3n) is 5.02. The van der Waals surface area contributed by atoms with E-state index in [1.807, 2.05) is 11.6 Å². The third kappa shape index (κ3) is 3.76. The standard InChI is InChI=1S/C17H28Cl2N2/c1-6-21-15(16(19)11(2)20-21)10-12-9-13(17(3,4)5)7-8-14(12)18/h12-14H,6-10H2,1-5H3. The molecule has 1 fully saturated rings. The Morgan fingerprint density at radius 1 is 1.29 bits per heavy atom. The van der Waals surface area contributed by atoms with Crippen molar-refractivity contribution in [2.75, 3.05) is 0 Å². The summed E-state index contributed by atoms with van der Waals surface area (Å²) in [7, 11) is 0. The van der Waals surface area contributed by atoms with Gasteiger partial charge in [0, 0.05) is 11.9 Å². The molecule has 0 aromatic carbocycles. The van der Waals surface area contributed by atoms with Gasteiger partial charge in [-0.3, -0.25) is 4.68 Å². The molecule has 1 aliphatic carbocycles. The minimum absolute atomic E-state index is 0.264. The number of alkyl halides is 1. The van der Waals surface area contributed by atoms with Crippen LogP contribution in [-0.4, -0.2) is 15.2 Å². The van der Waals surface area contributed by atoms with Crippen LogP contribution >= 0.6 is 23.2 Å². The minimum Gasteiger partial charge on any atom is -0.268 e. The molecule has 1 aromatic heterocycles. The lowest BCUT2D eigenvalue weighted by Crippen LogP contribution is -2.33. The molecule has 0 amide bonds. The van der Waals surface area contributed by atoms with E-state index in [1.165, 1.54) is 18.5 Å². The quantitative estimate of drug-likeness (QED) is 0.671. The molecule has 0 saturated heterocycles. The van der Waals surface area contributed by atoms with E-state index in [0.29, 0.717) is 11.3 Å². The van der Waals surface area contributed by atoms with Crippen molar-refractivity contribution in [1.29, 1.82) is 0 Å². The normalized spacial score (nSPS) is 27.1. The maximum absolute atomic E-state index is 6.63. The van der Waals surface area contributed by atoms with Gasteiger partial charge in [-0.1, -0.05) is 32.4 Å². The summed E-state index contributed by atoms with van der Waals surface area (Å²) in [6.45, 7) is 12.0. The number of halogens is 2.